The first kappa shape index (κ1) is 16.1. The van der Waals surface area contributed by atoms with E-state index in [0.717, 1.165) is 38.5 Å². The van der Waals surface area contributed by atoms with Gasteiger partial charge in [-0.25, -0.2) is 0 Å². The Morgan fingerprint density at radius 2 is 1.83 bits per heavy atom. The first-order chi connectivity index (χ1) is 11.8. The molecule has 0 saturated carbocycles. The highest BCUT2D eigenvalue weighted by Crippen LogP contribution is 2.13. The number of hydrogen-bond donors (Lipinski definition) is 2. The molecule has 8 heteroatoms. The lowest BCUT2D eigenvalue weighted by atomic mass is 10.3. The van der Waals surface area contributed by atoms with Gasteiger partial charge in [-0.2, -0.15) is 20.2 Å². The number of nitrogens with one attached hydrogen (secondary N) is 2. The minimum absolute atomic E-state index is 0.0808. The number of ether oxygens (including phenoxy) is 1. The molecule has 1 aliphatic heterocycles. The van der Waals surface area contributed by atoms with Crippen LogP contribution >= 0.6 is 0 Å². The zero-order chi connectivity index (χ0) is 16.6. The number of benzene rings is 1. The van der Waals surface area contributed by atoms with E-state index >= 15 is 0 Å². The molecule has 24 heavy (non-hydrogen) atoms. The quantitative estimate of drug-likeness (QED) is 0.818. The van der Waals surface area contributed by atoms with Crippen molar-refractivity contribution in [2.75, 3.05) is 50.0 Å². The lowest BCUT2D eigenvalue weighted by Gasteiger charge is -2.26. The van der Waals surface area contributed by atoms with Crippen molar-refractivity contribution in [3.05, 3.63) is 36.2 Å². The molecule has 8 nitrogen and oxygen atoms in total. The van der Waals surface area contributed by atoms with Crippen molar-refractivity contribution < 1.29 is 4.74 Å². The van der Waals surface area contributed by atoms with Gasteiger partial charge in [0, 0.05) is 31.9 Å². The Morgan fingerprint density at radius 1 is 1.08 bits per heavy atom. The van der Waals surface area contributed by atoms with Gasteiger partial charge in [-0.1, -0.05) is 18.2 Å². The second kappa shape index (κ2) is 8.19. The number of hydrogen-bond acceptors (Lipinski definition) is 8. The number of morpholine rings is 1. The van der Waals surface area contributed by atoms with Crippen LogP contribution < -0.4 is 10.6 Å². The monoisotopic (exact) mass is 325 g/mol. The lowest BCUT2D eigenvalue weighted by molar-refractivity contribution is 0.0398. The Balaban J connectivity index is 1.62. The Bertz CT molecular complexity index is 695. The molecule has 1 aliphatic rings. The minimum Gasteiger partial charge on any atom is -0.379 e. The van der Waals surface area contributed by atoms with Crippen LogP contribution in [0.1, 0.15) is 5.82 Å². The van der Waals surface area contributed by atoms with Crippen molar-refractivity contribution in [3.63, 3.8) is 0 Å². The van der Waals surface area contributed by atoms with Crippen molar-refractivity contribution in [2.45, 2.75) is 0 Å². The van der Waals surface area contributed by atoms with Crippen molar-refractivity contribution in [3.8, 4) is 6.07 Å². The van der Waals surface area contributed by atoms with Gasteiger partial charge < -0.3 is 15.4 Å². The van der Waals surface area contributed by atoms with Crippen molar-refractivity contribution in [1.29, 1.82) is 5.26 Å². The normalized spacial score (nSPS) is 14.8. The van der Waals surface area contributed by atoms with E-state index in [0.29, 0.717) is 18.4 Å². The van der Waals surface area contributed by atoms with Crippen molar-refractivity contribution in [2.24, 2.45) is 0 Å². The van der Waals surface area contributed by atoms with Crippen LogP contribution in [0.2, 0.25) is 0 Å². The maximum atomic E-state index is 9.10. The van der Waals surface area contributed by atoms with Crippen LogP contribution in [0.5, 0.6) is 0 Å². The molecule has 1 fully saturated rings. The molecule has 0 unspecified atom stereocenters. The Morgan fingerprint density at radius 3 is 2.58 bits per heavy atom. The Hall–Kier alpha value is -2.76. The van der Waals surface area contributed by atoms with Gasteiger partial charge in [0.2, 0.25) is 17.7 Å². The molecule has 3 rings (SSSR count). The topological polar surface area (TPSA) is 99.0 Å². The third kappa shape index (κ3) is 4.62. The molecule has 2 N–H and O–H groups in total. The van der Waals surface area contributed by atoms with Crippen LogP contribution in [0.4, 0.5) is 17.6 Å². The van der Waals surface area contributed by atoms with Gasteiger partial charge in [0.25, 0.3) is 0 Å². The summed E-state index contributed by atoms with van der Waals surface area (Å²) in [5, 5.41) is 15.3. The van der Waals surface area contributed by atoms with E-state index in [2.05, 4.69) is 30.5 Å². The molecular formula is C16H19N7O. The zero-order valence-corrected chi connectivity index (χ0v) is 13.3. The highest BCUT2D eigenvalue weighted by molar-refractivity contribution is 5.54. The standard InChI is InChI=1S/C16H19N7O/c17-12-14-20-15(18-6-7-23-8-10-24-11-9-23)22-16(21-14)19-13-4-2-1-3-5-13/h1-5H,6-11H2,(H2,18,19,20,21,22). The van der Waals surface area contributed by atoms with Crippen LogP contribution in [0.15, 0.2) is 30.3 Å². The molecule has 124 valence electrons. The second-order valence-corrected chi connectivity index (χ2v) is 5.29. The van der Waals surface area contributed by atoms with E-state index in [1.807, 2.05) is 36.4 Å². The molecule has 2 aromatic rings. The number of anilines is 3. The SMILES string of the molecule is N#Cc1nc(NCCN2CCOCC2)nc(Nc2ccccc2)n1. The van der Waals surface area contributed by atoms with Crippen LogP contribution in [0.3, 0.4) is 0 Å². The molecule has 2 heterocycles. The Labute approximate surface area is 140 Å². The average molecular weight is 325 g/mol. The maximum Gasteiger partial charge on any atom is 0.238 e. The fourth-order valence-electron chi connectivity index (χ4n) is 2.36. The summed E-state index contributed by atoms with van der Waals surface area (Å²) in [4.78, 5) is 14.8. The van der Waals surface area contributed by atoms with Crippen LogP contribution in [-0.4, -0.2) is 59.2 Å². The number of rotatable bonds is 6. The first-order valence-corrected chi connectivity index (χ1v) is 7.86. The third-order valence-electron chi connectivity index (χ3n) is 3.58. The van der Waals surface area contributed by atoms with Crippen LogP contribution in [0.25, 0.3) is 0 Å². The Kier molecular flexibility index (Phi) is 5.50. The number of nitrogens with zero attached hydrogens (tertiary/aromatic N) is 5. The van der Waals surface area contributed by atoms with Crippen LogP contribution in [0, 0.1) is 11.3 Å². The molecule has 0 radical (unpaired) electrons. The largest absolute Gasteiger partial charge is 0.379 e. The summed E-state index contributed by atoms with van der Waals surface area (Å²) >= 11 is 0. The minimum atomic E-state index is 0.0808. The van der Waals surface area contributed by atoms with E-state index < -0.39 is 0 Å². The molecule has 0 atom stereocenters. The molecule has 1 saturated heterocycles. The van der Waals surface area contributed by atoms with E-state index in [4.69, 9.17) is 10.00 Å². The molecule has 1 aromatic heterocycles. The van der Waals surface area contributed by atoms with Gasteiger partial charge in [-0.15, -0.1) is 0 Å². The second-order valence-electron chi connectivity index (χ2n) is 5.29. The van der Waals surface area contributed by atoms with E-state index in [9.17, 15) is 0 Å². The number of aromatic nitrogens is 3. The van der Waals surface area contributed by atoms with Gasteiger partial charge in [0.1, 0.15) is 6.07 Å². The van der Waals surface area contributed by atoms with E-state index in [1.165, 1.54) is 0 Å². The number of nitriles is 1. The summed E-state index contributed by atoms with van der Waals surface area (Å²) in [7, 11) is 0. The van der Waals surface area contributed by atoms with Crippen molar-refractivity contribution >= 4 is 17.6 Å². The summed E-state index contributed by atoms with van der Waals surface area (Å²) in [6, 6.07) is 11.5. The van der Waals surface area contributed by atoms with Gasteiger partial charge in [-0.05, 0) is 12.1 Å². The fourth-order valence-corrected chi connectivity index (χ4v) is 2.36. The van der Waals surface area contributed by atoms with Gasteiger partial charge in [-0.3, -0.25) is 4.90 Å². The third-order valence-corrected chi connectivity index (χ3v) is 3.58. The molecule has 0 amide bonds. The number of para-hydroxylation sites is 1. The average Bonchev–Trinajstić information content (AvgIpc) is 2.63. The summed E-state index contributed by atoms with van der Waals surface area (Å²) in [6.45, 7) is 4.98. The van der Waals surface area contributed by atoms with Gasteiger partial charge >= 0.3 is 0 Å². The van der Waals surface area contributed by atoms with Crippen LogP contribution in [-0.2, 0) is 4.74 Å². The summed E-state index contributed by atoms with van der Waals surface area (Å²) in [5.41, 5.74) is 0.854. The lowest BCUT2D eigenvalue weighted by Crippen LogP contribution is -2.39. The smallest absolute Gasteiger partial charge is 0.238 e. The highest BCUT2D eigenvalue weighted by atomic mass is 16.5. The van der Waals surface area contributed by atoms with E-state index in [-0.39, 0.29) is 5.82 Å². The van der Waals surface area contributed by atoms with Gasteiger partial charge in [0.05, 0.1) is 13.2 Å². The van der Waals surface area contributed by atoms with Crippen molar-refractivity contribution in [1.82, 2.24) is 19.9 Å². The summed E-state index contributed by atoms with van der Waals surface area (Å²) < 4.78 is 5.33. The summed E-state index contributed by atoms with van der Waals surface area (Å²) in [6.07, 6.45) is 0. The molecule has 0 aliphatic carbocycles. The first-order valence-electron chi connectivity index (χ1n) is 7.86. The zero-order valence-electron chi connectivity index (χ0n) is 13.3. The fraction of sp³-hybridized carbons (Fsp3) is 0.375. The maximum absolute atomic E-state index is 9.10. The predicted octanol–water partition coefficient (Wildman–Crippen LogP) is 1.23. The molecule has 0 spiro atoms. The predicted molar refractivity (Wildman–Crippen MR) is 90.0 cm³/mol. The summed E-state index contributed by atoms with van der Waals surface area (Å²) in [5.74, 6) is 0.826. The van der Waals surface area contributed by atoms with E-state index in [1.54, 1.807) is 0 Å². The molecule has 0 bridgehead atoms. The van der Waals surface area contributed by atoms with Gasteiger partial charge in [0.15, 0.2) is 0 Å². The molecule has 1 aromatic carbocycles. The molecular weight excluding hydrogens is 306 g/mol. The highest BCUT2D eigenvalue weighted by Gasteiger charge is 2.10.